The van der Waals surface area contributed by atoms with Gasteiger partial charge in [-0.1, -0.05) is 0 Å². The average Bonchev–Trinajstić information content (AvgIpc) is 2.40. The number of nitrogens with one attached hydrogen (secondary N) is 1. The number of rotatable bonds is 3. The lowest BCUT2D eigenvalue weighted by Gasteiger charge is -2.23. The minimum Gasteiger partial charge on any atom is -0.477 e. The van der Waals surface area contributed by atoms with Crippen LogP contribution in [0.15, 0.2) is 15.8 Å². The van der Waals surface area contributed by atoms with Crippen LogP contribution in [0, 0.1) is 5.92 Å². The molecule has 0 saturated carbocycles. The third-order valence-corrected chi connectivity index (χ3v) is 3.50. The van der Waals surface area contributed by atoms with Gasteiger partial charge < -0.3 is 10.4 Å². The van der Waals surface area contributed by atoms with Gasteiger partial charge in [-0.25, -0.2) is 9.59 Å². The summed E-state index contributed by atoms with van der Waals surface area (Å²) in [6.45, 7) is 2.25. The number of piperidine rings is 1. The standard InChI is InChI=1S/C12H17N3O4/c1-14-10(16)9(11(17)18)7-15(12(14)19)6-8-2-4-13-5-3-8/h7-8,13H,2-6H2,1H3,(H,17,18). The van der Waals surface area contributed by atoms with Crippen molar-refractivity contribution in [3.63, 3.8) is 0 Å². The molecule has 7 nitrogen and oxygen atoms in total. The number of aromatic nitrogens is 2. The Hall–Kier alpha value is -1.89. The van der Waals surface area contributed by atoms with Crippen LogP contribution in [0.1, 0.15) is 23.2 Å². The number of hydrogen-bond acceptors (Lipinski definition) is 4. The molecule has 0 amide bonds. The first-order chi connectivity index (χ1) is 9.00. The molecule has 0 spiro atoms. The smallest absolute Gasteiger partial charge is 0.342 e. The molecule has 1 aromatic heterocycles. The maximum Gasteiger partial charge on any atom is 0.342 e. The van der Waals surface area contributed by atoms with Crippen LogP contribution in [-0.2, 0) is 13.6 Å². The summed E-state index contributed by atoms with van der Waals surface area (Å²) < 4.78 is 2.19. The van der Waals surface area contributed by atoms with E-state index in [1.807, 2.05) is 0 Å². The first kappa shape index (κ1) is 13.5. The highest BCUT2D eigenvalue weighted by molar-refractivity contribution is 5.86. The van der Waals surface area contributed by atoms with E-state index < -0.39 is 17.2 Å². The Morgan fingerprint density at radius 3 is 2.63 bits per heavy atom. The summed E-state index contributed by atoms with van der Waals surface area (Å²) >= 11 is 0. The van der Waals surface area contributed by atoms with Crippen molar-refractivity contribution in [3.8, 4) is 0 Å². The van der Waals surface area contributed by atoms with Crippen LogP contribution in [0.4, 0.5) is 0 Å². The summed E-state index contributed by atoms with van der Waals surface area (Å²) in [5, 5.41) is 12.2. The van der Waals surface area contributed by atoms with Gasteiger partial charge in [-0.05, 0) is 31.8 Å². The van der Waals surface area contributed by atoms with E-state index in [2.05, 4.69) is 5.32 Å². The fraction of sp³-hybridized carbons (Fsp3) is 0.583. The van der Waals surface area contributed by atoms with Crippen LogP contribution in [0.3, 0.4) is 0 Å². The zero-order chi connectivity index (χ0) is 14.0. The molecular formula is C12H17N3O4. The van der Waals surface area contributed by atoms with Crippen LogP contribution in [0.25, 0.3) is 0 Å². The molecule has 19 heavy (non-hydrogen) atoms. The van der Waals surface area contributed by atoms with Gasteiger partial charge in [0.05, 0.1) is 0 Å². The zero-order valence-corrected chi connectivity index (χ0v) is 10.8. The van der Waals surface area contributed by atoms with Crippen molar-refractivity contribution in [1.29, 1.82) is 0 Å². The fourth-order valence-corrected chi connectivity index (χ4v) is 2.35. The van der Waals surface area contributed by atoms with Crippen molar-refractivity contribution < 1.29 is 9.90 Å². The van der Waals surface area contributed by atoms with Crippen molar-refractivity contribution in [3.05, 3.63) is 32.6 Å². The molecule has 2 heterocycles. The minimum atomic E-state index is -1.31. The molecule has 0 unspecified atom stereocenters. The first-order valence-corrected chi connectivity index (χ1v) is 6.25. The Labute approximate surface area is 109 Å². The van der Waals surface area contributed by atoms with E-state index in [-0.39, 0.29) is 5.56 Å². The van der Waals surface area contributed by atoms with Gasteiger partial charge in [-0.3, -0.25) is 13.9 Å². The maximum atomic E-state index is 12.0. The van der Waals surface area contributed by atoms with E-state index in [0.717, 1.165) is 36.7 Å². The fourth-order valence-electron chi connectivity index (χ4n) is 2.35. The van der Waals surface area contributed by atoms with E-state index in [1.54, 1.807) is 0 Å². The van der Waals surface area contributed by atoms with Gasteiger partial charge in [0, 0.05) is 19.8 Å². The lowest BCUT2D eigenvalue weighted by molar-refractivity contribution is 0.0692. The van der Waals surface area contributed by atoms with Crippen LogP contribution < -0.4 is 16.6 Å². The lowest BCUT2D eigenvalue weighted by atomic mass is 9.98. The molecule has 2 rings (SSSR count). The predicted octanol–water partition coefficient (Wildman–Crippen LogP) is -0.755. The lowest BCUT2D eigenvalue weighted by Crippen LogP contribution is -2.42. The van der Waals surface area contributed by atoms with Crippen molar-refractivity contribution in [2.24, 2.45) is 13.0 Å². The van der Waals surface area contributed by atoms with Crippen molar-refractivity contribution in [2.45, 2.75) is 19.4 Å². The second-order valence-electron chi connectivity index (χ2n) is 4.84. The van der Waals surface area contributed by atoms with Crippen LogP contribution in [0.2, 0.25) is 0 Å². The summed E-state index contributed by atoms with van der Waals surface area (Å²) in [5.41, 5.74) is -1.59. The SMILES string of the molecule is Cn1c(=O)c(C(=O)O)cn(CC2CCNCC2)c1=O. The predicted molar refractivity (Wildman–Crippen MR) is 68.5 cm³/mol. The Balaban J connectivity index is 2.37. The van der Waals surface area contributed by atoms with E-state index in [4.69, 9.17) is 5.11 Å². The van der Waals surface area contributed by atoms with Gasteiger partial charge in [0.15, 0.2) is 0 Å². The summed E-state index contributed by atoms with van der Waals surface area (Å²) in [6, 6.07) is 0. The largest absolute Gasteiger partial charge is 0.477 e. The van der Waals surface area contributed by atoms with Crippen LogP contribution in [0.5, 0.6) is 0 Å². The molecule has 0 bridgehead atoms. The number of carbonyl (C=O) groups is 1. The highest BCUT2D eigenvalue weighted by atomic mass is 16.4. The molecule has 0 radical (unpaired) electrons. The Morgan fingerprint density at radius 2 is 2.05 bits per heavy atom. The Bertz CT molecular complexity index is 596. The van der Waals surface area contributed by atoms with Crippen molar-refractivity contribution in [2.75, 3.05) is 13.1 Å². The summed E-state index contributed by atoms with van der Waals surface area (Å²) in [7, 11) is 1.30. The topological polar surface area (TPSA) is 93.3 Å². The number of aromatic carboxylic acids is 1. The van der Waals surface area contributed by atoms with E-state index in [0.29, 0.717) is 12.5 Å². The molecule has 1 saturated heterocycles. The number of nitrogens with zero attached hydrogens (tertiary/aromatic N) is 2. The molecule has 0 atom stereocenters. The molecule has 0 aromatic carbocycles. The highest BCUT2D eigenvalue weighted by Gasteiger charge is 2.18. The first-order valence-electron chi connectivity index (χ1n) is 6.25. The molecule has 2 N–H and O–H groups in total. The number of hydrogen-bond donors (Lipinski definition) is 2. The Morgan fingerprint density at radius 1 is 1.42 bits per heavy atom. The molecular weight excluding hydrogens is 250 g/mol. The summed E-state index contributed by atoms with van der Waals surface area (Å²) in [5.74, 6) is -0.974. The summed E-state index contributed by atoms with van der Waals surface area (Å²) in [4.78, 5) is 34.6. The minimum absolute atomic E-state index is 0.332. The van der Waals surface area contributed by atoms with E-state index in [1.165, 1.54) is 11.6 Å². The number of carboxylic acid groups (broad SMARTS) is 1. The van der Waals surface area contributed by atoms with Gasteiger partial charge in [0.2, 0.25) is 0 Å². The average molecular weight is 267 g/mol. The molecule has 104 valence electrons. The third kappa shape index (κ3) is 2.76. The van der Waals surface area contributed by atoms with Crippen molar-refractivity contribution in [1.82, 2.24) is 14.5 Å². The second kappa shape index (κ2) is 5.40. The van der Waals surface area contributed by atoms with E-state index in [9.17, 15) is 14.4 Å². The van der Waals surface area contributed by atoms with Gasteiger partial charge >= 0.3 is 11.7 Å². The quantitative estimate of drug-likeness (QED) is 0.751. The van der Waals surface area contributed by atoms with E-state index >= 15 is 0 Å². The molecule has 0 aliphatic carbocycles. The van der Waals surface area contributed by atoms with Crippen molar-refractivity contribution >= 4 is 5.97 Å². The highest BCUT2D eigenvalue weighted by Crippen LogP contribution is 2.13. The monoisotopic (exact) mass is 267 g/mol. The summed E-state index contributed by atoms with van der Waals surface area (Å²) in [6.07, 6.45) is 3.05. The van der Waals surface area contributed by atoms with Crippen LogP contribution >= 0.6 is 0 Å². The van der Waals surface area contributed by atoms with Gasteiger partial charge in [-0.2, -0.15) is 0 Å². The van der Waals surface area contributed by atoms with Gasteiger partial charge in [0.25, 0.3) is 5.56 Å². The molecule has 1 aliphatic rings. The van der Waals surface area contributed by atoms with Gasteiger partial charge in [0.1, 0.15) is 5.56 Å². The molecule has 1 fully saturated rings. The third-order valence-electron chi connectivity index (χ3n) is 3.50. The molecule has 7 heteroatoms. The van der Waals surface area contributed by atoms with Crippen LogP contribution in [-0.4, -0.2) is 33.3 Å². The maximum absolute atomic E-state index is 12.0. The zero-order valence-electron chi connectivity index (χ0n) is 10.8. The Kier molecular flexibility index (Phi) is 3.84. The normalized spacial score (nSPS) is 16.5. The molecule has 1 aliphatic heterocycles. The number of carboxylic acids is 1. The van der Waals surface area contributed by atoms with Gasteiger partial charge in [-0.15, -0.1) is 0 Å². The molecule has 1 aromatic rings. The second-order valence-corrected chi connectivity index (χ2v) is 4.84.